The molecule has 2 heterocycles. The Labute approximate surface area is 124 Å². The van der Waals surface area contributed by atoms with E-state index in [1.54, 1.807) is 6.07 Å². The highest BCUT2D eigenvalue weighted by Gasteiger charge is 2.24. The fraction of sp³-hybridized carbons (Fsp3) is 0.353. The Morgan fingerprint density at radius 3 is 2.90 bits per heavy atom. The van der Waals surface area contributed by atoms with Crippen molar-refractivity contribution in [2.75, 3.05) is 4.90 Å². The van der Waals surface area contributed by atoms with E-state index in [1.165, 1.54) is 11.3 Å². The zero-order valence-corrected chi connectivity index (χ0v) is 12.3. The van der Waals surface area contributed by atoms with Crippen LogP contribution in [-0.4, -0.2) is 17.1 Å². The van der Waals surface area contributed by atoms with Crippen molar-refractivity contribution in [2.24, 2.45) is 0 Å². The number of aryl methyl sites for hydroxylation is 2. The van der Waals surface area contributed by atoms with Gasteiger partial charge in [0.15, 0.2) is 0 Å². The van der Waals surface area contributed by atoms with E-state index in [4.69, 9.17) is 9.52 Å². The van der Waals surface area contributed by atoms with Gasteiger partial charge in [0.1, 0.15) is 5.76 Å². The maximum atomic E-state index is 11.0. The number of furan rings is 1. The van der Waals surface area contributed by atoms with Crippen LogP contribution in [0, 0.1) is 6.92 Å². The van der Waals surface area contributed by atoms with Crippen LogP contribution in [0.4, 0.5) is 5.69 Å². The SMILES string of the molecule is Cc1oc(C(=O)O)cc1CN1c2ccccc2CCC1C. The topological polar surface area (TPSA) is 53.7 Å². The fourth-order valence-electron chi connectivity index (χ4n) is 2.97. The monoisotopic (exact) mass is 285 g/mol. The van der Waals surface area contributed by atoms with Crippen molar-refractivity contribution >= 4 is 11.7 Å². The molecule has 1 atom stereocenters. The molecule has 1 aromatic carbocycles. The second-order valence-electron chi connectivity index (χ2n) is 5.64. The molecule has 0 saturated carbocycles. The zero-order chi connectivity index (χ0) is 15.0. The zero-order valence-electron chi connectivity index (χ0n) is 12.3. The molecule has 2 aromatic rings. The summed E-state index contributed by atoms with van der Waals surface area (Å²) in [6.07, 6.45) is 2.21. The summed E-state index contributed by atoms with van der Waals surface area (Å²) in [5, 5.41) is 9.03. The molecular weight excluding hydrogens is 266 g/mol. The molecule has 4 nitrogen and oxygen atoms in total. The lowest BCUT2D eigenvalue weighted by molar-refractivity contribution is 0.0661. The van der Waals surface area contributed by atoms with Gasteiger partial charge in [-0.05, 0) is 44.4 Å². The van der Waals surface area contributed by atoms with Crippen molar-refractivity contribution in [2.45, 2.75) is 39.3 Å². The Balaban J connectivity index is 1.92. The van der Waals surface area contributed by atoms with E-state index < -0.39 is 5.97 Å². The number of benzene rings is 1. The molecule has 21 heavy (non-hydrogen) atoms. The summed E-state index contributed by atoms with van der Waals surface area (Å²) >= 11 is 0. The van der Waals surface area contributed by atoms with Crippen LogP contribution in [-0.2, 0) is 13.0 Å². The maximum absolute atomic E-state index is 11.0. The minimum atomic E-state index is -1.02. The highest BCUT2D eigenvalue weighted by molar-refractivity contribution is 5.84. The average Bonchev–Trinajstić information content (AvgIpc) is 2.84. The smallest absolute Gasteiger partial charge is 0.371 e. The summed E-state index contributed by atoms with van der Waals surface area (Å²) in [5.74, 6) is -0.320. The number of hydrogen-bond donors (Lipinski definition) is 1. The quantitative estimate of drug-likeness (QED) is 0.935. The third kappa shape index (κ3) is 2.53. The van der Waals surface area contributed by atoms with Crippen molar-refractivity contribution < 1.29 is 14.3 Å². The van der Waals surface area contributed by atoms with E-state index >= 15 is 0 Å². The van der Waals surface area contributed by atoms with Crippen LogP contribution in [0.15, 0.2) is 34.7 Å². The molecule has 3 rings (SSSR count). The maximum Gasteiger partial charge on any atom is 0.371 e. The molecule has 0 amide bonds. The minimum Gasteiger partial charge on any atom is -0.475 e. The van der Waals surface area contributed by atoms with Crippen molar-refractivity contribution in [1.29, 1.82) is 0 Å². The molecular formula is C17H19NO3. The van der Waals surface area contributed by atoms with E-state index in [9.17, 15) is 4.79 Å². The highest BCUT2D eigenvalue weighted by atomic mass is 16.4. The molecule has 0 radical (unpaired) electrons. The van der Waals surface area contributed by atoms with Crippen LogP contribution >= 0.6 is 0 Å². The first kappa shape index (κ1) is 13.7. The van der Waals surface area contributed by atoms with Gasteiger partial charge >= 0.3 is 5.97 Å². The number of fused-ring (bicyclic) bond motifs is 1. The third-order valence-corrected chi connectivity index (χ3v) is 4.24. The average molecular weight is 285 g/mol. The van der Waals surface area contributed by atoms with Crippen LogP contribution in [0.2, 0.25) is 0 Å². The van der Waals surface area contributed by atoms with E-state index in [0.717, 1.165) is 18.4 Å². The van der Waals surface area contributed by atoms with Gasteiger partial charge in [0, 0.05) is 23.8 Å². The number of carboxylic acids is 1. The molecule has 0 saturated heterocycles. The van der Waals surface area contributed by atoms with Crippen LogP contribution in [0.3, 0.4) is 0 Å². The second kappa shape index (κ2) is 5.28. The van der Waals surface area contributed by atoms with Crippen molar-refractivity contribution in [3.05, 3.63) is 53.0 Å². The molecule has 1 N–H and O–H groups in total. The molecule has 1 aliphatic heterocycles. The first-order valence-corrected chi connectivity index (χ1v) is 7.23. The number of para-hydroxylation sites is 1. The van der Waals surface area contributed by atoms with E-state index in [-0.39, 0.29) is 5.76 Å². The third-order valence-electron chi connectivity index (χ3n) is 4.24. The lowest BCUT2D eigenvalue weighted by Gasteiger charge is -2.37. The summed E-state index contributed by atoms with van der Waals surface area (Å²) in [7, 11) is 0. The Morgan fingerprint density at radius 2 is 2.19 bits per heavy atom. The van der Waals surface area contributed by atoms with Gasteiger partial charge < -0.3 is 14.4 Å². The highest BCUT2D eigenvalue weighted by Crippen LogP contribution is 2.32. The summed E-state index contributed by atoms with van der Waals surface area (Å²) in [5.41, 5.74) is 3.54. The Kier molecular flexibility index (Phi) is 3.45. The first-order valence-electron chi connectivity index (χ1n) is 7.23. The first-order chi connectivity index (χ1) is 10.1. The van der Waals surface area contributed by atoms with E-state index in [2.05, 4.69) is 36.1 Å². The molecule has 4 heteroatoms. The summed E-state index contributed by atoms with van der Waals surface area (Å²) in [6.45, 7) is 4.71. The number of aromatic carboxylic acids is 1. The summed E-state index contributed by atoms with van der Waals surface area (Å²) < 4.78 is 5.31. The predicted molar refractivity (Wildman–Crippen MR) is 80.8 cm³/mol. The molecule has 0 fully saturated rings. The summed E-state index contributed by atoms with van der Waals surface area (Å²) in [4.78, 5) is 13.3. The number of nitrogens with zero attached hydrogens (tertiary/aromatic N) is 1. The van der Waals surface area contributed by atoms with Crippen LogP contribution in [0.5, 0.6) is 0 Å². The molecule has 110 valence electrons. The van der Waals surface area contributed by atoms with Gasteiger partial charge in [-0.1, -0.05) is 18.2 Å². The molecule has 0 spiro atoms. The number of anilines is 1. The fourth-order valence-corrected chi connectivity index (χ4v) is 2.97. The van der Waals surface area contributed by atoms with Gasteiger partial charge in [0.2, 0.25) is 5.76 Å². The predicted octanol–water partition coefficient (Wildman–Crippen LogP) is 3.63. The van der Waals surface area contributed by atoms with Crippen LogP contribution in [0.1, 0.15) is 40.8 Å². The number of carbonyl (C=O) groups is 1. The minimum absolute atomic E-state index is 0.0143. The number of hydrogen-bond acceptors (Lipinski definition) is 3. The van der Waals surface area contributed by atoms with Gasteiger partial charge in [-0.2, -0.15) is 0 Å². The van der Waals surface area contributed by atoms with Gasteiger partial charge in [0.25, 0.3) is 0 Å². The van der Waals surface area contributed by atoms with Gasteiger partial charge in [-0.3, -0.25) is 0 Å². The number of rotatable bonds is 3. The Bertz CT molecular complexity index is 674. The van der Waals surface area contributed by atoms with Crippen LogP contribution in [0.25, 0.3) is 0 Å². The second-order valence-corrected chi connectivity index (χ2v) is 5.64. The molecule has 1 aromatic heterocycles. The van der Waals surface area contributed by atoms with Gasteiger partial charge in [0.05, 0.1) is 0 Å². The molecule has 1 aliphatic rings. The van der Waals surface area contributed by atoms with Crippen molar-refractivity contribution in [3.8, 4) is 0 Å². The normalized spacial score (nSPS) is 17.6. The molecule has 0 bridgehead atoms. The standard InChI is InChI=1S/C17H19NO3/c1-11-7-8-13-5-3-4-6-15(13)18(11)10-14-9-16(17(19)20)21-12(14)2/h3-6,9,11H,7-8,10H2,1-2H3,(H,19,20). The van der Waals surface area contributed by atoms with Crippen molar-refractivity contribution in [3.63, 3.8) is 0 Å². The lowest BCUT2D eigenvalue weighted by Crippen LogP contribution is -2.36. The molecule has 0 aliphatic carbocycles. The largest absolute Gasteiger partial charge is 0.475 e. The Hall–Kier alpha value is -2.23. The molecule has 1 unspecified atom stereocenters. The van der Waals surface area contributed by atoms with E-state index in [0.29, 0.717) is 18.3 Å². The Morgan fingerprint density at radius 1 is 1.43 bits per heavy atom. The lowest BCUT2D eigenvalue weighted by atomic mass is 9.96. The number of carboxylic acid groups (broad SMARTS) is 1. The van der Waals surface area contributed by atoms with Crippen molar-refractivity contribution in [1.82, 2.24) is 0 Å². The van der Waals surface area contributed by atoms with Gasteiger partial charge in [-0.15, -0.1) is 0 Å². The van der Waals surface area contributed by atoms with Crippen LogP contribution < -0.4 is 4.90 Å². The summed E-state index contributed by atoms with van der Waals surface area (Å²) in [6, 6.07) is 10.5. The van der Waals surface area contributed by atoms with Gasteiger partial charge in [-0.25, -0.2) is 4.79 Å². The van der Waals surface area contributed by atoms with E-state index in [1.807, 2.05) is 6.92 Å².